The fourth-order valence-corrected chi connectivity index (χ4v) is 4.52. The first-order chi connectivity index (χ1) is 9.42. The smallest absolute Gasteiger partial charge is 0.115 e. The number of aromatic nitrogens is 1. The Bertz CT molecular complexity index is 581. The second-order valence-electron chi connectivity index (χ2n) is 5.53. The summed E-state index contributed by atoms with van der Waals surface area (Å²) in [7, 11) is 0. The zero-order valence-corrected chi connectivity index (χ0v) is 14.8. The van der Waals surface area contributed by atoms with Gasteiger partial charge in [-0.25, -0.2) is 4.98 Å². The number of thiophene rings is 1. The molecule has 0 bridgehead atoms. The van der Waals surface area contributed by atoms with Gasteiger partial charge in [-0.15, -0.1) is 22.7 Å². The maximum atomic E-state index is 4.87. The van der Waals surface area contributed by atoms with Crippen LogP contribution in [0, 0.1) is 20.8 Å². The minimum absolute atomic E-state index is 0.226. The predicted octanol–water partition coefficient (Wildman–Crippen LogP) is 4.78. The standard InChI is InChI=1S/C16H24N2S2/c1-7-14-12(6)20-16(18-14)15(17-9(2)3)13-8-10(4)19-11(13)5/h8-9,15,17H,7H2,1-6H3. The molecule has 0 aliphatic heterocycles. The van der Waals surface area contributed by atoms with Gasteiger partial charge in [-0.3, -0.25) is 0 Å². The monoisotopic (exact) mass is 308 g/mol. The van der Waals surface area contributed by atoms with Gasteiger partial charge in [0.15, 0.2) is 0 Å². The first-order valence-corrected chi connectivity index (χ1v) is 8.84. The van der Waals surface area contributed by atoms with Crippen LogP contribution in [0.15, 0.2) is 6.07 Å². The van der Waals surface area contributed by atoms with E-state index in [-0.39, 0.29) is 6.04 Å². The summed E-state index contributed by atoms with van der Waals surface area (Å²) in [6.45, 7) is 13.1. The summed E-state index contributed by atoms with van der Waals surface area (Å²) in [5.41, 5.74) is 2.63. The van der Waals surface area contributed by atoms with E-state index in [9.17, 15) is 0 Å². The molecule has 0 saturated carbocycles. The van der Waals surface area contributed by atoms with Gasteiger partial charge >= 0.3 is 0 Å². The van der Waals surface area contributed by atoms with Crippen molar-refractivity contribution in [2.24, 2.45) is 0 Å². The van der Waals surface area contributed by atoms with Crippen LogP contribution in [0.4, 0.5) is 0 Å². The highest BCUT2D eigenvalue weighted by atomic mass is 32.1. The Morgan fingerprint density at radius 1 is 1.15 bits per heavy atom. The average Bonchev–Trinajstić information content (AvgIpc) is 2.89. The third-order valence-corrected chi connectivity index (χ3v) is 5.44. The molecule has 0 aliphatic rings. The quantitative estimate of drug-likeness (QED) is 0.860. The molecule has 1 unspecified atom stereocenters. The number of thiazole rings is 1. The van der Waals surface area contributed by atoms with Crippen LogP contribution >= 0.6 is 22.7 Å². The molecule has 0 fully saturated rings. The molecule has 4 heteroatoms. The highest BCUT2D eigenvalue weighted by molar-refractivity contribution is 7.12. The second-order valence-corrected chi connectivity index (χ2v) is 8.23. The summed E-state index contributed by atoms with van der Waals surface area (Å²) in [5, 5.41) is 4.89. The molecule has 2 nitrogen and oxygen atoms in total. The van der Waals surface area contributed by atoms with Crippen molar-refractivity contribution < 1.29 is 0 Å². The van der Waals surface area contributed by atoms with Crippen molar-refractivity contribution >= 4 is 22.7 Å². The lowest BCUT2D eigenvalue weighted by Crippen LogP contribution is -2.29. The third-order valence-electron chi connectivity index (χ3n) is 3.38. The van der Waals surface area contributed by atoms with Crippen molar-refractivity contribution in [2.45, 2.75) is 60.0 Å². The van der Waals surface area contributed by atoms with Crippen molar-refractivity contribution in [3.8, 4) is 0 Å². The van der Waals surface area contributed by atoms with Gasteiger partial charge in [-0.05, 0) is 52.7 Å². The molecule has 0 aromatic carbocycles. The van der Waals surface area contributed by atoms with Gasteiger partial charge in [0.05, 0.1) is 11.7 Å². The highest BCUT2D eigenvalue weighted by Gasteiger charge is 2.22. The van der Waals surface area contributed by atoms with Crippen LogP contribution in [0.3, 0.4) is 0 Å². The molecule has 110 valence electrons. The molecular weight excluding hydrogens is 284 g/mol. The molecule has 20 heavy (non-hydrogen) atoms. The van der Waals surface area contributed by atoms with Crippen molar-refractivity contribution in [3.63, 3.8) is 0 Å². The summed E-state index contributed by atoms with van der Waals surface area (Å²) in [5.74, 6) is 0. The van der Waals surface area contributed by atoms with E-state index in [2.05, 4.69) is 52.9 Å². The van der Waals surface area contributed by atoms with E-state index in [4.69, 9.17) is 4.98 Å². The second kappa shape index (κ2) is 6.37. The summed E-state index contributed by atoms with van der Waals surface area (Å²) >= 11 is 3.71. The minimum Gasteiger partial charge on any atom is -0.302 e. The summed E-state index contributed by atoms with van der Waals surface area (Å²) in [6.07, 6.45) is 1.01. The number of aryl methyl sites for hydroxylation is 4. The maximum Gasteiger partial charge on any atom is 0.115 e. The molecule has 0 saturated heterocycles. The van der Waals surface area contributed by atoms with Crippen molar-refractivity contribution in [1.82, 2.24) is 10.3 Å². The first-order valence-electron chi connectivity index (χ1n) is 7.21. The van der Waals surface area contributed by atoms with E-state index < -0.39 is 0 Å². The Kier molecular flexibility index (Phi) is 4.99. The Hall–Kier alpha value is -0.710. The zero-order chi connectivity index (χ0) is 14.9. The fraction of sp³-hybridized carbons (Fsp3) is 0.562. The van der Waals surface area contributed by atoms with Crippen molar-refractivity contribution in [3.05, 3.63) is 37.0 Å². The molecule has 2 rings (SSSR count). The van der Waals surface area contributed by atoms with Crippen LogP contribution in [0.5, 0.6) is 0 Å². The van der Waals surface area contributed by atoms with Crippen LogP contribution in [-0.4, -0.2) is 11.0 Å². The number of rotatable bonds is 5. The summed E-state index contributed by atoms with van der Waals surface area (Å²) in [4.78, 5) is 8.99. The first kappa shape index (κ1) is 15.7. The van der Waals surface area contributed by atoms with E-state index in [0.29, 0.717) is 6.04 Å². The molecule has 0 spiro atoms. The van der Waals surface area contributed by atoms with Gasteiger partial charge in [-0.1, -0.05) is 6.92 Å². The van der Waals surface area contributed by atoms with Gasteiger partial charge < -0.3 is 5.32 Å². The lowest BCUT2D eigenvalue weighted by Gasteiger charge is -2.19. The molecule has 2 aromatic heterocycles. The maximum absolute atomic E-state index is 4.87. The van der Waals surface area contributed by atoms with Gasteiger partial charge in [0, 0.05) is 20.7 Å². The van der Waals surface area contributed by atoms with E-state index in [0.717, 1.165) is 6.42 Å². The van der Waals surface area contributed by atoms with Crippen LogP contribution in [0.25, 0.3) is 0 Å². The lowest BCUT2D eigenvalue weighted by atomic mass is 10.1. The number of nitrogens with zero attached hydrogens (tertiary/aromatic N) is 1. The van der Waals surface area contributed by atoms with E-state index >= 15 is 0 Å². The summed E-state index contributed by atoms with van der Waals surface area (Å²) < 4.78 is 0. The van der Waals surface area contributed by atoms with Crippen LogP contribution in [0.2, 0.25) is 0 Å². The number of hydrogen-bond donors (Lipinski definition) is 1. The van der Waals surface area contributed by atoms with Gasteiger partial charge in [0.2, 0.25) is 0 Å². The fourth-order valence-electron chi connectivity index (χ4n) is 2.47. The highest BCUT2D eigenvalue weighted by Crippen LogP contribution is 2.34. The Balaban J connectivity index is 2.43. The van der Waals surface area contributed by atoms with E-state index in [1.165, 1.54) is 30.9 Å². The Labute approximate surface area is 130 Å². The SMILES string of the molecule is CCc1nc(C(NC(C)C)c2cc(C)sc2C)sc1C. The zero-order valence-electron chi connectivity index (χ0n) is 13.2. The molecule has 2 aromatic rings. The molecule has 1 N–H and O–H groups in total. The topological polar surface area (TPSA) is 24.9 Å². The normalized spacial score (nSPS) is 13.2. The number of nitrogens with one attached hydrogen (secondary N) is 1. The van der Waals surface area contributed by atoms with Crippen molar-refractivity contribution in [1.29, 1.82) is 0 Å². The van der Waals surface area contributed by atoms with Gasteiger partial charge in [0.25, 0.3) is 0 Å². The predicted molar refractivity (Wildman–Crippen MR) is 90.1 cm³/mol. The number of hydrogen-bond acceptors (Lipinski definition) is 4. The lowest BCUT2D eigenvalue weighted by molar-refractivity contribution is 0.526. The Morgan fingerprint density at radius 3 is 2.30 bits per heavy atom. The molecule has 0 amide bonds. The van der Waals surface area contributed by atoms with Gasteiger partial charge in [-0.2, -0.15) is 0 Å². The average molecular weight is 309 g/mol. The van der Waals surface area contributed by atoms with Gasteiger partial charge in [0.1, 0.15) is 5.01 Å². The van der Waals surface area contributed by atoms with E-state index in [1.807, 2.05) is 22.7 Å². The summed E-state index contributed by atoms with van der Waals surface area (Å²) in [6, 6.07) is 2.97. The van der Waals surface area contributed by atoms with E-state index in [1.54, 1.807) is 0 Å². The van der Waals surface area contributed by atoms with Crippen molar-refractivity contribution in [2.75, 3.05) is 0 Å². The molecular formula is C16H24N2S2. The third kappa shape index (κ3) is 3.30. The Morgan fingerprint density at radius 2 is 1.85 bits per heavy atom. The molecule has 0 radical (unpaired) electrons. The van der Waals surface area contributed by atoms with Crippen LogP contribution in [0.1, 0.15) is 57.7 Å². The van der Waals surface area contributed by atoms with Crippen LogP contribution in [-0.2, 0) is 6.42 Å². The van der Waals surface area contributed by atoms with Crippen LogP contribution < -0.4 is 5.32 Å². The molecule has 2 heterocycles. The molecule has 0 aliphatic carbocycles. The molecule has 1 atom stereocenters. The minimum atomic E-state index is 0.226. The largest absolute Gasteiger partial charge is 0.302 e.